The molecule has 0 radical (unpaired) electrons. The van der Waals surface area contributed by atoms with E-state index in [0.29, 0.717) is 16.7 Å². The first-order chi connectivity index (χ1) is 9.72. The van der Waals surface area contributed by atoms with Crippen molar-refractivity contribution in [3.63, 3.8) is 0 Å². The van der Waals surface area contributed by atoms with E-state index >= 15 is 0 Å². The Morgan fingerprint density at radius 3 is 2.95 bits per heavy atom. The van der Waals surface area contributed by atoms with Gasteiger partial charge in [0.2, 0.25) is 0 Å². The van der Waals surface area contributed by atoms with Crippen molar-refractivity contribution in [3.8, 4) is 5.69 Å². The number of hydrogen-bond donors (Lipinski definition) is 1. The number of benzene rings is 1. The molecular weight excluding hydrogens is 257 g/mol. The number of pyridine rings is 1. The van der Waals surface area contributed by atoms with Gasteiger partial charge in [-0.2, -0.15) is 0 Å². The van der Waals surface area contributed by atoms with Gasteiger partial charge in [0, 0.05) is 29.4 Å². The van der Waals surface area contributed by atoms with E-state index in [9.17, 15) is 9.18 Å². The molecule has 0 unspecified atom stereocenters. The Morgan fingerprint density at radius 1 is 1.30 bits per heavy atom. The zero-order valence-corrected chi connectivity index (χ0v) is 10.6. The Morgan fingerprint density at radius 2 is 2.15 bits per heavy atom. The van der Waals surface area contributed by atoms with Crippen molar-refractivity contribution in [1.82, 2.24) is 14.5 Å². The summed E-state index contributed by atoms with van der Waals surface area (Å²) in [6.07, 6.45) is 7.20. The predicted octanol–water partition coefficient (Wildman–Crippen LogP) is 2.73. The fourth-order valence-corrected chi connectivity index (χ4v) is 2.44. The van der Waals surface area contributed by atoms with Crippen molar-refractivity contribution in [2.75, 3.05) is 0 Å². The maximum atomic E-state index is 13.6. The van der Waals surface area contributed by atoms with Crippen molar-refractivity contribution >= 4 is 10.8 Å². The van der Waals surface area contributed by atoms with Crippen LogP contribution >= 0.6 is 0 Å². The lowest BCUT2D eigenvalue weighted by Gasteiger charge is -2.04. The van der Waals surface area contributed by atoms with Crippen LogP contribution in [-0.4, -0.2) is 14.5 Å². The first kappa shape index (κ1) is 11.4. The molecule has 1 fully saturated rings. The molecule has 100 valence electrons. The molecule has 4 rings (SSSR count). The number of hydrogen-bond acceptors (Lipinski definition) is 2. The fourth-order valence-electron chi connectivity index (χ4n) is 2.44. The number of halogens is 1. The first-order valence-electron chi connectivity index (χ1n) is 6.57. The Bertz CT molecular complexity index is 861. The number of nitrogens with one attached hydrogen (secondary N) is 1. The molecule has 0 saturated heterocycles. The number of rotatable bonds is 2. The molecule has 3 aromatic rings. The SMILES string of the molecule is O=c1[nH]cc(F)c2ccc(-n3cnc(C4CC4)c3)cc12. The zero-order chi connectivity index (χ0) is 13.7. The first-order valence-corrected chi connectivity index (χ1v) is 6.57. The summed E-state index contributed by atoms with van der Waals surface area (Å²) in [5, 5.41) is 0.684. The van der Waals surface area contributed by atoms with E-state index in [1.807, 2.05) is 10.8 Å². The van der Waals surface area contributed by atoms with Crippen LogP contribution in [0.1, 0.15) is 24.5 Å². The number of aromatic nitrogens is 3. The molecular formula is C15H12FN3O. The average molecular weight is 269 g/mol. The fraction of sp³-hybridized carbons (Fsp3) is 0.200. The van der Waals surface area contributed by atoms with Crippen LogP contribution in [0.3, 0.4) is 0 Å². The van der Waals surface area contributed by atoms with Gasteiger partial charge in [-0.05, 0) is 31.0 Å². The molecule has 4 nitrogen and oxygen atoms in total. The highest BCUT2D eigenvalue weighted by Crippen LogP contribution is 2.39. The van der Waals surface area contributed by atoms with Gasteiger partial charge in [0.25, 0.3) is 5.56 Å². The monoisotopic (exact) mass is 269 g/mol. The number of nitrogens with zero attached hydrogens (tertiary/aromatic N) is 2. The van der Waals surface area contributed by atoms with Crippen molar-refractivity contribution in [3.05, 3.63) is 58.8 Å². The van der Waals surface area contributed by atoms with Gasteiger partial charge in [0.05, 0.1) is 17.4 Å². The Hall–Kier alpha value is -2.43. The van der Waals surface area contributed by atoms with Crippen LogP contribution in [0.2, 0.25) is 0 Å². The second kappa shape index (κ2) is 4.03. The van der Waals surface area contributed by atoms with Gasteiger partial charge < -0.3 is 9.55 Å². The highest BCUT2D eigenvalue weighted by molar-refractivity contribution is 5.83. The summed E-state index contributed by atoms with van der Waals surface area (Å²) in [6, 6.07) is 5.12. The summed E-state index contributed by atoms with van der Waals surface area (Å²) < 4.78 is 15.5. The van der Waals surface area contributed by atoms with Gasteiger partial charge in [-0.15, -0.1) is 0 Å². The lowest BCUT2D eigenvalue weighted by atomic mass is 10.1. The third-order valence-electron chi connectivity index (χ3n) is 3.73. The molecule has 1 aliphatic carbocycles. The van der Waals surface area contributed by atoms with Crippen LogP contribution in [0.25, 0.3) is 16.5 Å². The third kappa shape index (κ3) is 1.74. The minimum atomic E-state index is -0.421. The van der Waals surface area contributed by atoms with Gasteiger partial charge in [-0.3, -0.25) is 4.79 Å². The van der Waals surface area contributed by atoms with Crippen LogP contribution in [0.15, 0.2) is 41.7 Å². The van der Waals surface area contributed by atoms with Gasteiger partial charge in [-0.1, -0.05) is 0 Å². The maximum absolute atomic E-state index is 13.6. The standard InChI is InChI=1S/C15H12FN3O/c16-13-6-17-15(20)12-5-10(3-4-11(12)13)19-7-14(18-8-19)9-1-2-9/h3-9H,1-2H2,(H,17,20). The lowest BCUT2D eigenvalue weighted by Crippen LogP contribution is -2.07. The van der Waals surface area contributed by atoms with Crippen molar-refractivity contribution < 1.29 is 4.39 Å². The molecule has 0 spiro atoms. The number of H-pyrrole nitrogens is 1. The minimum Gasteiger partial charge on any atom is -0.326 e. The molecule has 1 N–H and O–H groups in total. The topological polar surface area (TPSA) is 50.7 Å². The van der Waals surface area contributed by atoms with Crippen molar-refractivity contribution in [1.29, 1.82) is 0 Å². The average Bonchev–Trinajstić information content (AvgIpc) is 3.20. The van der Waals surface area contributed by atoms with E-state index in [0.717, 1.165) is 17.6 Å². The van der Waals surface area contributed by atoms with E-state index in [2.05, 4.69) is 9.97 Å². The van der Waals surface area contributed by atoms with Gasteiger partial charge in [-0.25, -0.2) is 9.37 Å². The highest BCUT2D eigenvalue weighted by atomic mass is 19.1. The second-order valence-corrected chi connectivity index (χ2v) is 5.18. The van der Waals surface area contributed by atoms with E-state index in [1.165, 1.54) is 12.8 Å². The molecule has 2 heterocycles. The normalized spacial score (nSPS) is 14.8. The summed E-state index contributed by atoms with van der Waals surface area (Å²) in [6.45, 7) is 0. The number of imidazole rings is 1. The molecule has 0 aliphatic heterocycles. The van der Waals surface area contributed by atoms with E-state index in [4.69, 9.17) is 0 Å². The van der Waals surface area contributed by atoms with E-state index in [1.54, 1.807) is 24.5 Å². The largest absolute Gasteiger partial charge is 0.326 e. The lowest BCUT2D eigenvalue weighted by molar-refractivity contribution is 0.633. The van der Waals surface area contributed by atoms with Gasteiger partial charge in [0.15, 0.2) is 0 Å². The quantitative estimate of drug-likeness (QED) is 0.777. The van der Waals surface area contributed by atoms with Gasteiger partial charge in [0.1, 0.15) is 5.82 Å². The summed E-state index contributed by atoms with van der Waals surface area (Å²) >= 11 is 0. The van der Waals surface area contributed by atoms with Crippen LogP contribution in [-0.2, 0) is 0 Å². The van der Waals surface area contributed by atoms with Crippen molar-refractivity contribution in [2.45, 2.75) is 18.8 Å². The van der Waals surface area contributed by atoms with Crippen LogP contribution in [0.5, 0.6) is 0 Å². The molecule has 0 bridgehead atoms. The summed E-state index contributed by atoms with van der Waals surface area (Å²) in [5.41, 5.74) is 1.61. The maximum Gasteiger partial charge on any atom is 0.256 e. The highest BCUT2D eigenvalue weighted by Gasteiger charge is 2.25. The van der Waals surface area contributed by atoms with Gasteiger partial charge >= 0.3 is 0 Å². The van der Waals surface area contributed by atoms with Crippen LogP contribution < -0.4 is 5.56 Å². The number of fused-ring (bicyclic) bond motifs is 1. The number of aromatic amines is 1. The predicted molar refractivity (Wildman–Crippen MR) is 73.6 cm³/mol. The smallest absolute Gasteiger partial charge is 0.256 e. The molecule has 20 heavy (non-hydrogen) atoms. The van der Waals surface area contributed by atoms with E-state index < -0.39 is 5.82 Å². The Balaban J connectivity index is 1.87. The molecule has 5 heteroatoms. The minimum absolute atomic E-state index is 0.286. The third-order valence-corrected chi connectivity index (χ3v) is 3.73. The zero-order valence-electron chi connectivity index (χ0n) is 10.6. The molecule has 1 aromatic carbocycles. The molecule has 2 aromatic heterocycles. The summed E-state index contributed by atoms with van der Waals surface area (Å²) in [5.74, 6) is 0.160. The second-order valence-electron chi connectivity index (χ2n) is 5.18. The molecule has 0 amide bonds. The van der Waals surface area contributed by atoms with Crippen LogP contribution in [0, 0.1) is 5.82 Å². The Labute approximate surface area is 113 Å². The van der Waals surface area contributed by atoms with Crippen molar-refractivity contribution in [2.24, 2.45) is 0 Å². The molecule has 0 atom stereocenters. The Kier molecular flexibility index (Phi) is 2.30. The molecule has 1 aliphatic rings. The summed E-state index contributed by atoms with van der Waals surface area (Å²) in [4.78, 5) is 18.6. The summed E-state index contributed by atoms with van der Waals surface area (Å²) in [7, 11) is 0. The molecule has 1 saturated carbocycles. The van der Waals surface area contributed by atoms with Crippen LogP contribution in [0.4, 0.5) is 4.39 Å². The van der Waals surface area contributed by atoms with E-state index in [-0.39, 0.29) is 5.56 Å².